The van der Waals surface area contributed by atoms with Crippen LogP contribution in [0.3, 0.4) is 0 Å². The molecule has 0 bridgehead atoms. The van der Waals surface area contributed by atoms with Crippen LogP contribution in [0.1, 0.15) is 50.8 Å². The average molecular weight is 331 g/mol. The lowest BCUT2D eigenvalue weighted by Crippen LogP contribution is -2.42. The van der Waals surface area contributed by atoms with Gasteiger partial charge in [-0.1, -0.05) is 38.1 Å². The summed E-state index contributed by atoms with van der Waals surface area (Å²) in [7, 11) is 0. The van der Waals surface area contributed by atoms with Gasteiger partial charge in [-0.25, -0.2) is 0 Å². The van der Waals surface area contributed by atoms with Crippen molar-refractivity contribution in [2.24, 2.45) is 0 Å². The molecule has 120 valence electrons. The maximum absolute atomic E-state index is 2.76. The summed E-state index contributed by atoms with van der Waals surface area (Å²) in [5.74, 6) is 0. The van der Waals surface area contributed by atoms with E-state index in [1.807, 2.05) is 0 Å². The lowest BCUT2D eigenvalue weighted by molar-refractivity contribution is 0.0964. The van der Waals surface area contributed by atoms with Gasteiger partial charge in [0.05, 0.1) is 6.04 Å². The molecule has 0 aromatic heterocycles. The Hall–Kier alpha value is -0.280. The third-order valence-corrected chi connectivity index (χ3v) is 4.95. The van der Waals surface area contributed by atoms with Crippen molar-refractivity contribution in [2.45, 2.75) is 58.3 Å². The molecule has 2 aliphatic rings. The molecule has 0 amide bonds. The first kappa shape index (κ1) is 18.8. The molecular weight excluding hydrogens is 303 g/mol. The minimum Gasteiger partial charge on any atom is -0.299 e. The fourth-order valence-corrected chi connectivity index (χ4v) is 3.74. The Balaban J connectivity index is 0.00000110. The Morgan fingerprint density at radius 1 is 1.14 bits per heavy atom. The number of nitrogens with zero attached hydrogens (tertiary/aromatic N) is 2. The van der Waals surface area contributed by atoms with Crippen LogP contribution in [0.4, 0.5) is 0 Å². The second-order valence-electron chi connectivity index (χ2n) is 6.01. The Labute approximate surface area is 141 Å². The molecular formula is C17H28Cl2N2. The Morgan fingerprint density at radius 2 is 1.76 bits per heavy atom. The van der Waals surface area contributed by atoms with Gasteiger partial charge in [-0.05, 0) is 44.0 Å². The van der Waals surface area contributed by atoms with Crippen LogP contribution in [-0.4, -0.2) is 35.0 Å². The second kappa shape index (κ2) is 7.82. The monoisotopic (exact) mass is 330 g/mol. The molecule has 0 radical (unpaired) electrons. The van der Waals surface area contributed by atoms with Crippen LogP contribution in [0, 0.1) is 0 Å². The van der Waals surface area contributed by atoms with E-state index in [0.717, 1.165) is 25.7 Å². The molecule has 21 heavy (non-hydrogen) atoms. The number of hydrogen-bond acceptors (Lipinski definition) is 2. The summed E-state index contributed by atoms with van der Waals surface area (Å²) in [6.07, 6.45) is 2.80. The van der Waals surface area contributed by atoms with Crippen LogP contribution in [0.2, 0.25) is 0 Å². The first-order valence-electron chi connectivity index (χ1n) is 7.83. The van der Waals surface area contributed by atoms with Gasteiger partial charge in [0.15, 0.2) is 0 Å². The van der Waals surface area contributed by atoms with Crippen molar-refractivity contribution < 1.29 is 0 Å². The number of rotatable bonds is 5. The van der Waals surface area contributed by atoms with Gasteiger partial charge in [-0.2, -0.15) is 0 Å². The number of halogens is 2. The van der Waals surface area contributed by atoms with Gasteiger partial charge in [0.25, 0.3) is 0 Å². The highest BCUT2D eigenvalue weighted by atomic mass is 35.5. The van der Waals surface area contributed by atoms with Crippen molar-refractivity contribution in [3.05, 3.63) is 35.4 Å². The van der Waals surface area contributed by atoms with Gasteiger partial charge >= 0.3 is 0 Å². The van der Waals surface area contributed by atoms with Crippen LogP contribution in [0.5, 0.6) is 0 Å². The van der Waals surface area contributed by atoms with Gasteiger partial charge in [0.2, 0.25) is 0 Å². The maximum atomic E-state index is 2.76. The van der Waals surface area contributed by atoms with E-state index in [2.05, 4.69) is 54.8 Å². The molecule has 1 aliphatic carbocycles. The van der Waals surface area contributed by atoms with Crippen molar-refractivity contribution in [1.82, 2.24) is 9.80 Å². The largest absolute Gasteiger partial charge is 0.299 e. The van der Waals surface area contributed by atoms with Crippen LogP contribution < -0.4 is 0 Å². The fraction of sp³-hybridized carbons (Fsp3) is 0.647. The van der Waals surface area contributed by atoms with Gasteiger partial charge in [0.1, 0.15) is 0 Å². The Morgan fingerprint density at radius 3 is 2.33 bits per heavy atom. The zero-order valence-electron chi connectivity index (χ0n) is 13.3. The molecule has 1 aromatic carbocycles. The molecule has 2 nitrogen and oxygen atoms in total. The van der Waals surface area contributed by atoms with E-state index < -0.39 is 0 Å². The van der Waals surface area contributed by atoms with Crippen molar-refractivity contribution in [3.8, 4) is 0 Å². The molecule has 1 heterocycles. The molecule has 1 saturated carbocycles. The smallest absolute Gasteiger partial charge is 0.0510 e. The van der Waals surface area contributed by atoms with Gasteiger partial charge in [-0.3, -0.25) is 9.80 Å². The number of fused-ring (bicyclic) bond motifs is 1. The van der Waals surface area contributed by atoms with E-state index in [4.69, 9.17) is 0 Å². The standard InChI is InChI=1S/C17H26N2.2ClH/c1-4-18(5-2)13(3)17-16-9-7-6-8-14(16)12-19(17)15-10-11-15;;/h6-9,13,15,17H,4-5,10-12H2,1-3H3;2*1H. The molecule has 1 fully saturated rings. The van der Waals surface area contributed by atoms with Crippen LogP contribution in [-0.2, 0) is 6.54 Å². The second-order valence-corrected chi connectivity index (χ2v) is 6.01. The lowest BCUT2D eigenvalue weighted by Gasteiger charge is -2.37. The summed E-state index contributed by atoms with van der Waals surface area (Å²) in [6, 6.07) is 11.1. The molecule has 1 aromatic rings. The normalized spacial score (nSPS) is 22.4. The predicted molar refractivity (Wildman–Crippen MR) is 94.6 cm³/mol. The summed E-state index contributed by atoms with van der Waals surface area (Å²) in [4.78, 5) is 5.36. The van der Waals surface area contributed by atoms with Crippen molar-refractivity contribution in [1.29, 1.82) is 0 Å². The summed E-state index contributed by atoms with van der Waals surface area (Å²) >= 11 is 0. The first-order chi connectivity index (χ1) is 9.26. The van der Waals surface area contributed by atoms with E-state index in [-0.39, 0.29) is 24.8 Å². The van der Waals surface area contributed by atoms with E-state index in [9.17, 15) is 0 Å². The Kier molecular flexibility index (Phi) is 6.99. The van der Waals surface area contributed by atoms with Gasteiger partial charge < -0.3 is 0 Å². The van der Waals surface area contributed by atoms with Crippen molar-refractivity contribution in [2.75, 3.05) is 13.1 Å². The molecule has 2 unspecified atom stereocenters. The van der Waals surface area contributed by atoms with E-state index in [1.54, 1.807) is 11.1 Å². The van der Waals surface area contributed by atoms with Crippen LogP contribution >= 0.6 is 24.8 Å². The summed E-state index contributed by atoms with van der Waals surface area (Å²) in [6.45, 7) is 10.4. The quantitative estimate of drug-likeness (QED) is 0.795. The highest BCUT2D eigenvalue weighted by molar-refractivity contribution is 5.85. The van der Waals surface area contributed by atoms with Crippen molar-refractivity contribution >= 4 is 24.8 Å². The summed E-state index contributed by atoms with van der Waals surface area (Å²) in [5, 5.41) is 0. The summed E-state index contributed by atoms with van der Waals surface area (Å²) < 4.78 is 0. The third-order valence-electron chi connectivity index (χ3n) is 4.95. The molecule has 1 aliphatic heterocycles. The van der Waals surface area contributed by atoms with Crippen LogP contribution in [0.15, 0.2) is 24.3 Å². The third kappa shape index (κ3) is 3.56. The van der Waals surface area contributed by atoms with Crippen molar-refractivity contribution in [3.63, 3.8) is 0 Å². The minimum atomic E-state index is 0. The number of likely N-dealkylation sites (N-methyl/N-ethyl adjacent to an activating group) is 1. The predicted octanol–water partition coefficient (Wildman–Crippen LogP) is 4.28. The topological polar surface area (TPSA) is 6.48 Å². The molecule has 4 heteroatoms. The molecule has 0 N–H and O–H groups in total. The van der Waals surface area contributed by atoms with E-state index in [1.165, 1.54) is 12.8 Å². The highest BCUT2D eigenvalue weighted by Gasteiger charge is 2.42. The summed E-state index contributed by atoms with van der Waals surface area (Å²) in [5.41, 5.74) is 3.13. The molecule has 0 saturated heterocycles. The molecule has 0 spiro atoms. The zero-order valence-corrected chi connectivity index (χ0v) is 14.9. The SMILES string of the molecule is CCN(CC)C(C)C1c2ccccc2CN1C1CC1.Cl.Cl. The minimum absolute atomic E-state index is 0. The highest BCUT2D eigenvalue weighted by Crippen LogP contribution is 2.44. The number of benzene rings is 1. The van der Waals surface area contributed by atoms with Gasteiger partial charge in [-0.15, -0.1) is 24.8 Å². The zero-order chi connectivity index (χ0) is 13.4. The van der Waals surface area contributed by atoms with Gasteiger partial charge in [0, 0.05) is 18.6 Å². The number of hydrogen-bond donors (Lipinski definition) is 0. The van der Waals surface area contributed by atoms with E-state index >= 15 is 0 Å². The average Bonchev–Trinajstić information content (AvgIpc) is 3.20. The van der Waals surface area contributed by atoms with E-state index in [0.29, 0.717) is 12.1 Å². The molecule has 2 atom stereocenters. The first-order valence-corrected chi connectivity index (χ1v) is 7.83. The maximum Gasteiger partial charge on any atom is 0.0510 e. The molecule has 3 rings (SSSR count). The fourth-order valence-electron chi connectivity index (χ4n) is 3.74. The lowest BCUT2D eigenvalue weighted by atomic mass is 9.98. The van der Waals surface area contributed by atoms with Crippen LogP contribution in [0.25, 0.3) is 0 Å². The Bertz CT molecular complexity index is 444.